The zero-order valence-corrected chi connectivity index (χ0v) is 11.6. The van der Waals surface area contributed by atoms with Crippen molar-refractivity contribution in [2.24, 2.45) is 11.8 Å². The van der Waals surface area contributed by atoms with Crippen LogP contribution in [0.5, 0.6) is 0 Å². The zero-order chi connectivity index (χ0) is 12.4. The number of rotatable bonds is 5. The maximum Gasteiger partial charge on any atom is 0.0695 e. The fraction of sp³-hybridized carbons (Fsp3) is 1.00. The molecular formula is C15H28N2O. The molecule has 1 N–H and O–H groups in total. The third-order valence-electron chi connectivity index (χ3n) is 5.07. The first-order valence-electron chi connectivity index (χ1n) is 7.94. The second-order valence-corrected chi connectivity index (χ2v) is 6.66. The van der Waals surface area contributed by atoms with Crippen molar-refractivity contribution in [2.45, 2.75) is 44.6 Å². The van der Waals surface area contributed by atoms with Gasteiger partial charge in [-0.25, -0.2) is 0 Å². The SMILES string of the molecule is OC(CN1CCN(CC2CC2)CC1)C1CCCC1. The van der Waals surface area contributed by atoms with Crippen LogP contribution in [0.1, 0.15) is 38.5 Å². The van der Waals surface area contributed by atoms with Crippen LogP contribution < -0.4 is 0 Å². The smallest absolute Gasteiger partial charge is 0.0695 e. The van der Waals surface area contributed by atoms with Gasteiger partial charge in [-0.15, -0.1) is 0 Å². The van der Waals surface area contributed by atoms with Gasteiger partial charge < -0.3 is 10.0 Å². The molecule has 0 aromatic carbocycles. The predicted octanol–water partition coefficient (Wildman–Crippen LogP) is 1.57. The number of aliphatic hydroxyl groups excluding tert-OH is 1. The van der Waals surface area contributed by atoms with Gasteiger partial charge in [-0.3, -0.25) is 4.90 Å². The van der Waals surface area contributed by atoms with Crippen LogP contribution >= 0.6 is 0 Å². The van der Waals surface area contributed by atoms with E-state index in [0.29, 0.717) is 5.92 Å². The molecule has 0 bridgehead atoms. The zero-order valence-electron chi connectivity index (χ0n) is 11.6. The highest BCUT2D eigenvalue weighted by Gasteiger charge is 2.28. The summed E-state index contributed by atoms with van der Waals surface area (Å²) < 4.78 is 0. The van der Waals surface area contributed by atoms with Gasteiger partial charge in [0.15, 0.2) is 0 Å². The summed E-state index contributed by atoms with van der Waals surface area (Å²) in [5, 5.41) is 10.3. The highest BCUT2D eigenvalue weighted by atomic mass is 16.3. The molecule has 3 fully saturated rings. The van der Waals surface area contributed by atoms with Gasteiger partial charge >= 0.3 is 0 Å². The third-order valence-corrected chi connectivity index (χ3v) is 5.07. The lowest BCUT2D eigenvalue weighted by atomic mass is 10.0. The minimum absolute atomic E-state index is 0.0671. The third kappa shape index (κ3) is 3.46. The lowest BCUT2D eigenvalue weighted by Gasteiger charge is -2.36. The molecule has 0 radical (unpaired) electrons. The Morgan fingerprint density at radius 1 is 0.889 bits per heavy atom. The van der Waals surface area contributed by atoms with Crippen molar-refractivity contribution in [3.63, 3.8) is 0 Å². The molecule has 1 atom stereocenters. The molecule has 1 unspecified atom stereocenters. The molecule has 1 aliphatic heterocycles. The van der Waals surface area contributed by atoms with E-state index < -0.39 is 0 Å². The number of hydrogen-bond acceptors (Lipinski definition) is 3. The summed E-state index contributed by atoms with van der Waals surface area (Å²) in [5.41, 5.74) is 0. The average molecular weight is 252 g/mol. The van der Waals surface area contributed by atoms with E-state index in [-0.39, 0.29) is 6.10 Å². The maximum atomic E-state index is 10.3. The molecule has 3 heteroatoms. The lowest BCUT2D eigenvalue weighted by molar-refractivity contribution is 0.0416. The number of nitrogens with zero attached hydrogens (tertiary/aromatic N) is 2. The van der Waals surface area contributed by atoms with Gasteiger partial charge in [0.2, 0.25) is 0 Å². The Kier molecular flexibility index (Phi) is 4.22. The molecule has 3 aliphatic rings. The van der Waals surface area contributed by atoms with Gasteiger partial charge in [0.1, 0.15) is 0 Å². The monoisotopic (exact) mass is 252 g/mol. The molecule has 0 aromatic rings. The molecule has 0 amide bonds. The van der Waals surface area contributed by atoms with Crippen LogP contribution in [0.15, 0.2) is 0 Å². The Labute approximate surface area is 111 Å². The van der Waals surface area contributed by atoms with Crippen LogP contribution in [0.4, 0.5) is 0 Å². The normalized spacial score (nSPS) is 29.8. The summed E-state index contributed by atoms with van der Waals surface area (Å²) in [4.78, 5) is 5.10. The van der Waals surface area contributed by atoms with E-state index in [4.69, 9.17) is 0 Å². The summed E-state index contributed by atoms with van der Waals surface area (Å²) in [6.07, 6.45) is 8.02. The van der Waals surface area contributed by atoms with Gasteiger partial charge in [-0.05, 0) is 37.5 Å². The van der Waals surface area contributed by atoms with Gasteiger partial charge in [0.05, 0.1) is 6.10 Å². The maximum absolute atomic E-state index is 10.3. The molecular weight excluding hydrogens is 224 g/mol. The van der Waals surface area contributed by atoms with Crippen molar-refractivity contribution in [2.75, 3.05) is 39.3 Å². The van der Waals surface area contributed by atoms with Crippen LogP contribution in [-0.4, -0.2) is 60.3 Å². The molecule has 104 valence electrons. The fourth-order valence-electron chi connectivity index (χ4n) is 3.58. The quantitative estimate of drug-likeness (QED) is 0.804. The van der Waals surface area contributed by atoms with Gasteiger partial charge in [0.25, 0.3) is 0 Å². The molecule has 18 heavy (non-hydrogen) atoms. The first kappa shape index (κ1) is 12.9. The van der Waals surface area contributed by atoms with Crippen molar-refractivity contribution in [1.82, 2.24) is 9.80 Å². The van der Waals surface area contributed by atoms with E-state index in [2.05, 4.69) is 9.80 Å². The summed E-state index contributed by atoms with van der Waals surface area (Å²) in [6, 6.07) is 0. The van der Waals surface area contributed by atoms with Crippen molar-refractivity contribution in [3.8, 4) is 0 Å². The van der Waals surface area contributed by atoms with Gasteiger partial charge in [-0.1, -0.05) is 12.8 Å². The highest BCUT2D eigenvalue weighted by molar-refractivity contribution is 4.83. The van der Waals surface area contributed by atoms with E-state index in [1.54, 1.807) is 0 Å². The Morgan fingerprint density at radius 3 is 2.11 bits per heavy atom. The summed E-state index contributed by atoms with van der Waals surface area (Å²) in [7, 11) is 0. The Balaban J connectivity index is 1.36. The van der Waals surface area contributed by atoms with Gasteiger partial charge in [0, 0.05) is 39.3 Å². The van der Waals surface area contributed by atoms with E-state index in [1.807, 2.05) is 0 Å². The minimum Gasteiger partial charge on any atom is -0.392 e. The largest absolute Gasteiger partial charge is 0.392 e. The van der Waals surface area contributed by atoms with Crippen molar-refractivity contribution in [3.05, 3.63) is 0 Å². The topological polar surface area (TPSA) is 26.7 Å². The first-order valence-corrected chi connectivity index (χ1v) is 7.94. The number of aliphatic hydroxyl groups is 1. The number of β-amino-alcohol motifs (C(OH)–C–C–N with tert-alkyl or cyclic N) is 1. The number of hydrogen-bond donors (Lipinski definition) is 1. The van der Waals surface area contributed by atoms with Crippen LogP contribution in [-0.2, 0) is 0 Å². The fourth-order valence-corrected chi connectivity index (χ4v) is 3.58. The standard InChI is InChI=1S/C15H28N2O/c18-15(14-3-1-2-4-14)12-17-9-7-16(8-10-17)11-13-5-6-13/h13-15,18H,1-12H2. The Hall–Kier alpha value is -0.120. The molecule has 3 nitrogen and oxygen atoms in total. The van der Waals surface area contributed by atoms with Crippen LogP contribution in [0.3, 0.4) is 0 Å². The average Bonchev–Trinajstić information content (AvgIpc) is 3.02. The van der Waals surface area contributed by atoms with E-state index in [1.165, 1.54) is 58.2 Å². The summed E-state index contributed by atoms with van der Waals surface area (Å²) in [5.74, 6) is 1.61. The van der Waals surface area contributed by atoms with Gasteiger partial charge in [-0.2, -0.15) is 0 Å². The molecule has 0 spiro atoms. The van der Waals surface area contributed by atoms with Crippen LogP contribution in [0, 0.1) is 11.8 Å². The van der Waals surface area contributed by atoms with Crippen LogP contribution in [0.2, 0.25) is 0 Å². The lowest BCUT2D eigenvalue weighted by Crippen LogP contribution is -2.49. The van der Waals surface area contributed by atoms with E-state index in [9.17, 15) is 5.11 Å². The van der Waals surface area contributed by atoms with Crippen molar-refractivity contribution >= 4 is 0 Å². The highest BCUT2D eigenvalue weighted by Crippen LogP contribution is 2.30. The van der Waals surface area contributed by atoms with Crippen LogP contribution in [0.25, 0.3) is 0 Å². The first-order chi connectivity index (χ1) is 8.81. The molecule has 1 heterocycles. The van der Waals surface area contributed by atoms with Crippen molar-refractivity contribution in [1.29, 1.82) is 0 Å². The second-order valence-electron chi connectivity index (χ2n) is 6.66. The molecule has 0 aromatic heterocycles. The van der Waals surface area contributed by atoms with Crippen molar-refractivity contribution < 1.29 is 5.11 Å². The summed E-state index contributed by atoms with van der Waals surface area (Å²) in [6.45, 7) is 7.01. The van der Waals surface area contributed by atoms with E-state index >= 15 is 0 Å². The number of piperazine rings is 1. The molecule has 2 saturated carbocycles. The Bertz CT molecular complexity index is 253. The minimum atomic E-state index is -0.0671. The Morgan fingerprint density at radius 2 is 1.50 bits per heavy atom. The molecule has 3 rings (SSSR count). The van der Waals surface area contributed by atoms with E-state index in [0.717, 1.165) is 25.6 Å². The molecule has 1 saturated heterocycles. The predicted molar refractivity (Wildman–Crippen MR) is 73.6 cm³/mol. The molecule has 2 aliphatic carbocycles. The summed E-state index contributed by atoms with van der Waals surface area (Å²) >= 11 is 0. The second kappa shape index (κ2) is 5.89.